The SMILES string of the molecule is C1CC1.S=COCc1cccc2ccccc12. The molecule has 17 heavy (non-hydrogen) atoms. The number of hydrogen-bond donors (Lipinski definition) is 0. The molecule has 1 fully saturated rings. The Morgan fingerprint density at radius 2 is 1.71 bits per heavy atom. The fourth-order valence-electron chi connectivity index (χ4n) is 1.54. The van der Waals surface area contributed by atoms with E-state index in [9.17, 15) is 0 Å². The normalized spacial score (nSPS) is 12.5. The zero-order valence-electron chi connectivity index (χ0n) is 9.76. The Morgan fingerprint density at radius 1 is 1.00 bits per heavy atom. The van der Waals surface area contributed by atoms with E-state index in [1.807, 2.05) is 18.2 Å². The molecule has 2 heteroatoms. The van der Waals surface area contributed by atoms with E-state index in [4.69, 9.17) is 4.74 Å². The number of hydrogen-bond acceptors (Lipinski definition) is 2. The van der Waals surface area contributed by atoms with E-state index >= 15 is 0 Å². The molecule has 1 nitrogen and oxygen atoms in total. The van der Waals surface area contributed by atoms with Crippen molar-refractivity contribution in [2.75, 3.05) is 0 Å². The maximum Gasteiger partial charge on any atom is 0.146 e. The summed E-state index contributed by atoms with van der Waals surface area (Å²) in [6.07, 6.45) is 4.50. The van der Waals surface area contributed by atoms with Gasteiger partial charge in [0, 0.05) is 0 Å². The van der Waals surface area contributed by atoms with Crippen molar-refractivity contribution in [2.45, 2.75) is 25.9 Å². The average Bonchev–Trinajstić information content (AvgIpc) is 3.24. The molecule has 1 aliphatic carbocycles. The molecular weight excluding hydrogens is 228 g/mol. The van der Waals surface area contributed by atoms with Gasteiger partial charge in [0.2, 0.25) is 0 Å². The molecule has 0 unspecified atom stereocenters. The van der Waals surface area contributed by atoms with E-state index in [1.54, 1.807) is 0 Å². The van der Waals surface area contributed by atoms with Gasteiger partial charge >= 0.3 is 0 Å². The lowest BCUT2D eigenvalue weighted by atomic mass is 10.1. The Bertz CT molecular complexity index is 483. The highest BCUT2D eigenvalue weighted by atomic mass is 32.1. The minimum Gasteiger partial charge on any atom is -0.485 e. The molecule has 88 valence electrons. The summed E-state index contributed by atoms with van der Waals surface area (Å²) in [5.41, 5.74) is 2.48. The summed E-state index contributed by atoms with van der Waals surface area (Å²) in [7, 11) is 0. The van der Waals surface area contributed by atoms with E-state index in [2.05, 4.69) is 36.5 Å². The Balaban J connectivity index is 0.000000313. The van der Waals surface area contributed by atoms with Crippen LogP contribution in [0.4, 0.5) is 0 Å². The van der Waals surface area contributed by atoms with Crippen LogP contribution in [0.25, 0.3) is 10.8 Å². The van der Waals surface area contributed by atoms with Crippen LogP contribution in [0.5, 0.6) is 0 Å². The molecule has 1 saturated carbocycles. The molecule has 0 amide bonds. The number of benzene rings is 2. The Labute approximate surface area is 107 Å². The first-order valence-corrected chi connectivity index (χ1v) is 6.41. The Hall–Kier alpha value is -1.41. The van der Waals surface area contributed by atoms with Crippen LogP contribution >= 0.6 is 12.2 Å². The zero-order valence-corrected chi connectivity index (χ0v) is 10.6. The van der Waals surface area contributed by atoms with Crippen molar-refractivity contribution in [2.24, 2.45) is 0 Å². The van der Waals surface area contributed by atoms with E-state index in [1.165, 1.54) is 41.2 Å². The second kappa shape index (κ2) is 6.36. The first-order valence-electron chi connectivity index (χ1n) is 5.94. The van der Waals surface area contributed by atoms with Crippen molar-refractivity contribution < 1.29 is 4.74 Å². The van der Waals surface area contributed by atoms with Crippen molar-refractivity contribution in [3.63, 3.8) is 0 Å². The van der Waals surface area contributed by atoms with Gasteiger partial charge in [-0.25, -0.2) is 0 Å². The van der Waals surface area contributed by atoms with Gasteiger partial charge < -0.3 is 4.74 Å². The van der Waals surface area contributed by atoms with Gasteiger partial charge in [-0.05, 0) is 28.6 Å². The van der Waals surface area contributed by atoms with Crippen LogP contribution < -0.4 is 0 Å². The Morgan fingerprint density at radius 3 is 2.41 bits per heavy atom. The third-order valence-electron chi connectivity index (χ3n) is 2.54. The minimum atomic E-state index is 0.546. The molecule has 0 spiro atoms. The van der Waals surface area contributed by atoms with Gasteiger partial charge in [-0.2, -0.15) is 0 Å². The van der Waals surface area contributed by atoms with E-state index < -0.39 is 0 Å². The lowest BCUT2D eigenvalue weighted by Gasteiger charge is -2.04. The predicted octanol–water partition coefficient (Wildman–Crippen LogP) is 4.48. The van der Waals surface area contributed by atoms with Gasteiger partial charge in [0.05, 0.1) is 0 Å². The molecule has 2 aromatic rings. The quantitative estimate of drug-likeness (QED) is 0.736. The molecule has 3 rings (SSSR count). The van der Waals surface area contributed by atoms with Crippen LogP contribution in [-0.2, 0) is 11.3 Å². The van der Waals surface area contributed by atoms with Gasteiger partial charge in [-0.1, -0.05) is 61.7 Å². The summed E-state index contributed by atoms with van der Waals surface area (Å²) in [6.45, 7) is 0.546. The molecular formula is C15H16OS. The minimum absolute atomic E-state index is 0.546. The van der Waals surface area contributed by atoms with Gasteiger partial charge in [-0.3, -0.25) is 0 Å². The molecule has 0 atom stereocenters. The first kappa shape index (κ1) is 12.1. The van der Waals surface area contributed by atoms with Crippen LogP contribution in [0.15, 0.2) is 42.5 Å². The van der Waals surface area contributed by atoms with Crippen molar-refractivity contribution in [3.8, 4) is 0 Å². The fraction of sp³-hybridized carbons (Fsp3) is 0.267. The second-order valence-electron chi connectivity index (χ2n) is 4.11. The lowest BCUT2D eigenvalue weighted by molar-refractivity contribution is 0.317. The topological polar surface area (TPSA) is 9.23 Å². The van der Waals surface area contributed by atoms with Crippen LogP contribution in [0, 0.1) is 0 Å². The number of thiocarbonyl (C=S) groups is 1. The highest BCUT2D eigenvalue weighted by molar-refractivity contribution is 7.78. The maximum atomic E-state index is 5.12. The summed E-state index contributed by atoms with van der Waals surface area (Å²) in [4.78, 5) is 0. The van der Waals surface area contributed by atoms with Crippen molar-refractivity contribution >= 4 is 28.5 Å². The summed E-state index contributed by atoms with van der Waals surface area (Å²) in [5.74, 6) is 0. The van der Waals surface area contributed by atoms with Crippen LogP contribution in [0.2, 0.25) is 0 Å². The average molecular weight is 244 g/mol. The van der Waals surface area contributed by atoms with E-state index in [0.29, 0.717) is 6.61 Å². The number of fused-ring (bicyclic) bond motifs is 1. The largest absolute Gasteiger partial charge is 0.485 e. The van der Waals surface area contributed by atoms with Gasteiger partial charge in [0.25, 0.3) is 0 Å². The maximum absolute atomic E-state index is 5.12. The summed E-state index contributed by atoms with van der Waals surface area (Å²) < 4.78 is 5.12. The molecule has 2 aromatic carbocycles. The first-order chi connectivity index (χ1) is 8.42. The summed E-state index contributed by atoms with van der Waals surface area (Å²) >= 11 is 4.63. The molecule has 0 aromatic heterocycles. The van der Waals surface area contributed by atoms with Crippen LogP contribution in [0.3, 0.4) is 0 Å². The van der Waals surface area contributed by atoms with Gasteiger partial charge in [-0.15, -0.1) is 0 Å². The standard InChI is InChI=1S/C12H10OS.C3H6/c14-9-13-8-11-6-3-5-10-4-1-2-7-12(10)11;1-2-3-1/h1-7,9H,8H2;1-3H2. The van der Waals surface area contributed by atoms with Crippen LogP contribution in [0.1, 0.15) is 24.8 Å². The van der Waals surface area contributed by atoms with Gasteiger partial charge in [0.1, 0.15) is 12.2 Å². The van der Waals surface area contributed by atoms with E-state index in [0.717, 1.165) is 0 Å². The number of rotatable bonds is 3. The zero-order chi connectivity index (χ0) is 11.9. The lowest BCUT2D eigenvalue weighted by Crippen LogP contribution is -1.90. The highest BCUT2D eigenvalue weighted by Crippen LogP contribution is 2.18. The molecule has 0 saturated heterocycles. The summed E-state index contributed by atoms with van der Waals surface area (Å²) in [5, 5.41) is 2.46. The highest BCUT2D eigenvalue weighted by Gasteiger charge is 1.98. The van der Waals surface area contributed by atoms with Crippen molar-refractivity contribution in [1.82, 2.24) is 0 Å². The van der Waals surface area contributed by atoms with E-state index in [-0.39, 0.29) is 0 Å². The van der Waals surface area contributed by atoms with Crippen molar-refractivity contribution in [1.29, 1.82) is 0 Å². The third-order valence-corrected chi connectivity index (χ3v) is 2.68. The predicted molar refractivity (Wildman–Crippen MR) is 76.2 cm³/mol. The second-order valence-corrected chi connectivity index (χ2v) is 4.30. The molecule has 1 aliphatic rings. The molecule has 0 bridgehead atoms. The summed E-state index contributed by atoms with van der Waals surface area (Å²) in [6, 6.07) is 14.4. The molecule has 0 aliphatic heterocycles. The molecule has 0 N–H and O–H groups in total. The van der Waals surface area contributed by atoms with Crippen molar-refractivity contribution in [3.05, 3.63) is 48.0 Å². The molecule has 0 heterocycles. The smallest absolute Gasteiger partial charge is 0.146 e. The Kier molecular flexibility index (Phi) is 4.51. The number of ether oxygens (including phenoxy) is 1. The fourth-order valence-corrected chi connectivity index (χ4v) is 1.61. The monoisotopic (exact) mass is 244 g/mol. The third kappa shape index (κ3) is 3.82. The molecule has 0 radical (unpaired) electrons. The van der Waals surface area contributed by atoms with Gasteiger partial charge in [0.15, 0.2) is 0 Å². The van der Waals surface area contributed by atoms with Crippen LogP contribution in [-0.4, -0.2) is 5.55 Å².